The molecule has 1 N–H and O–H groups in total. The molecule has 0 saturated carbocycles. The monoisotopic (exact) mass is 477 g/mol. The lowest BCUT2D eigenvalue weighted by atomic mass is 9.96. The van der Waals surface area contributed by atoms with Crippen LogP contribution >= 0.6 is 11.6 Å². The molecule has 1 saturated heterocycles. The smallest absolute Gasteiger partial charge is 0.338 e. The number of alkyl halides is 3. The van der Waals surface area contributed by atoms with Crippen LogP contribution in [0.5, 0.6) is 0 Å². The molecular weight excluding hydrogens is 459 g/mol. The Hall–Kier alpha value is -3.40. The van der Waals surface area contributed by atoms with Gasteiger partial charge in [-0.25, -0.2) is 9.67 Å². The van der Waals surface area contributed by atoms with Crippen molar-refractivity contribution in [3.05, 3.63) is 71.3 Å². The van der Waals surface area contributed by atoms with Gasteiger partial charge in [0.15, 0.2) is 0 Å². The van der Waals surface area contributed by atoms with Gasteiger partial charge in [-0.2, -0.15) is 18.3 Å². The fourth-order valence-corrected chi connectivity index (χ4v) is 3.86. The Morgan fingerprint density at radius 1 is 1.12 bits per heavy atom. The van der Waals surface area contributed by atoms with Crippen LogP contribution in [-0.4, -0.2) is 44.6 Å². The van der Waals surface area contributed by atoms with Crippen molar-refractivity contribution in [3.8, 4) is 5.69 Å². The standard InChI is InChI=1S/C22H19ClF3N5O2/c23-17-6-3-14(4-7-17)21(33)30-9-1-2-15(11-30)20(32)29-18-10-16(22(24,25)26)5-8-19(18)31-13-27-12-28-31/h3-8,10,12-13,15H,1-2,9,11H2,(H,29,32). The van der Waals surface area contributed by atoms with Gasteiger partial charge >= 0.3 is 6.18 Å². The van der Waals surface area contributed by atoms with Crippen LogP contribution in [0.15, 0.2) is 55.1 Å². The Morgan fingerprint density at radius 2 is 1.88 bits per heavy atom. The van der Waals surface area contributed by atoms with Crippen molar-refractivity contribution < 1.29 is 22.8 Å². The number of amides is 2. The minimum atomic E-state index is -4.58. The summed E-state index contributed by atoms with van der Waals surface area (Å²) in [6.45, 7) is 0.643. The van der Waals surface area contributed by atoms with Crippen molar-refractivity contribution in [2.45, 2.75) is 19.0 Å². The van der Waals surface area contributed by atoms with E-state index in [1.54, 1.807) is 29.2 Å². The number of halogens is 4. The van der Waals surface area contributed by atoms with E-state index in [4.69, 9.17) is 11.6 Å². The molecule has 3 aromatic rings. The lowest BCUT2D eigenvalue weighted by Crippen LogP contribution is -2.43. The zero-order valence-electron chi connectivity index (χ0n) is 17.2. The Kier molecular flexibility index (Phi) is 6.37. The fourth-order valence-electron chi connectivity index (χ4n) is 3.73. The quantitative estimate of drug-likeness (QED) is 0.603. The van der Waals surface area contributed by atoms with Crippen LogP contribution in [0.25, 0.3) is 5.69 Å². The number of benzene rings is 2. The minimum absolute atomic E-state index is 0.0403. The first kappa shape index (κ1) is 22.8. The number of aromatic nitrogens is 3. The highest BCUT2D eigenvalue weighted by atomic mass is 35.5. The second-order valence-electron chi connectivity index (χ2n) is 7.66. The van der Waals surface area contributed by atoms with Gasteiger partial charge < -0.3 is 10.2 Å². The molecule has 0 aliphatic carbocycles. The van der Waals surface area contributed by atoms with E-state index < -0.39 is 23.6 Å². The molecule has 1 aliphatic heterocycles. The van der Waals surface area contributed by atoms with Gasteiger partial charge in [-0.05, 0) is 55.3 Å². The van der Waals surface area contributed by atoms with Crippen LogP contribution in [0.1, 0.15) is 28.8 Å². The number of anilines is 1. The predicted octanol–water partition coefficient (Wildman–Crippen LogP) is 4.43. The maximum atomic E-state index is 13.3. The van der Waals surface area contributed by atoms with Gasteiger partial charge in [0.05, 0.1) is 22.9 Å². The van der Waals surface area contributed by atoms with Gasteiger partial charge in [-0.3, -0.25) is 9.59 Å². The molecule has 0 spiro atoms. The third-order valence-electron chi connectivity index (χ3n) is 5.42. The molecule has 4 rings (SSSR count). The molecule has 2 heterocycles. The molecule has 1 aliphatic rings. The molecule has 1 aromatic heterocycles. The summed E-state index contributed by atoms with van der Waals surface area (Å²) in [5, 5.41) is 7.06. The summed E-state index contributed by atoms with van der Waals surface area (Å²) in [4.78, 5) is 31.2. The van der Waals surface area contributed by atoms with Crippen LogP contribution in [-0.2, 0) is 11.0 Å². The van der Waals surface area contributed by atoms with Gasteiger partial charge in [0.25, 0.3) is 5.91 Å². The number of carbonyl (C=O) groups is 2. The zero-order chi connectivity index (χ0) is 23.6. The van der Waals surface area contributed by atoms with Gasteiger partial charge in [-0.1, -0.05) is 11.6 Å². The maximum Gasteiger partial charge on any atom is 0.416 e. The van der Waals surface area contributed by atoms with Crippen molar-refractivity contribution in [1.82, 2.24) is 19.7 Å². The topological polar surface area (TPSA) is 80.1 Å². The normalized spacial score (nSPS) is 16.5. The summed E-state index contributed by atoms with van der Waals surface area (Å²) in [7, 11) is 0. The van der Waals surface area contributed by atoms with Crippen molar-refractivity contribution >= 4 is 29.1 Å². The van der Waals surface area contributed by atoms with Crippen LogP contribution in [0.3, 0.4) is 0 Å². The van der Waals surface area contributed by atoms with E-state index in [9.17, 15) is 22.8 Å². The van der Waals surface area contributed by atoms with E-state index in [1.165, 1.54) is 23.4 Å². The predicted molar refractivity (Wildman–Crippen MR) is 115 cm³/mol. The summed E-state index contributed by atoms with van der Waals surface area (Å²) < 4.78 is 41.1. The van der Waals surface area contributed by atoms with Crippen LogP contribution in [0, 0.1) is 5.92 Å². The van der Waals surface area contributed by atoms with Crippen molar-refractivity contribution in [2.75, 3.05) is 18.4 Å². The first-order chi connectivity index (χ1) is 15.7. The van der Waals surface area contributed by atoms with E-state index in [2.05, 4.69) is 15.4 Å². The third kappa shape index (κ3) is 5.16. The minimum Gasteiger partial charge on any atom is -0.338 e. The molecule has 33 heavy (non-hydrogen) atoms. The first-order valence-electron chi connectivity index (χ1n) is 10.1. The summed E-state index contributed by atoms with van der Waals surface area (Å²) in [5.41, 5.74) is -0.239. The Labute approximate surface area is 192 Å². The van der Waals surface area contributed by atoms with E-state index in [0.717, 1.165) is 12.1 Å². The molecule has 1 fully saturated rings. The van der Waals surface area contributed by atoms with E-state index in [0.29, 0.717) is 30.0 Å². The highest BCUT2D eigenvalue weighted by Gasteiger charge is 2.33. The molecule has 7 nitrogen and oxygen atoms in total. The molecular formula is C22H19ClF3N5O2. The molecule has 11 heteroatoms. The average Bonchev–Trinajstić information content (AvgIpc) is 3.33. The zero-order valence-corrected chi connectivity index (χ0v) is 18.0. The summed E-state index contributed by atoms with van der Waals surface area (Å²) in [5.74, 6) is -1.27. The van der Waals surface area contributed by atoms with E-state index in [1.807, 2.05) is 0 Å². The Balaban J connectivity index is 1.53. The lowest BCUT2D eigenvalue weighted by Gasteiger charge is -2.32. The average molecular weight is 478 g/mol. The SMILES string of the molecule is O=C(Nc1cc(C(F)(F)F)ccc1-n1cncn1)C1CCCN(C(=O)c2ccc(Cl)cc2)C1. The van der Waals surface area contributed by atoms with E-state index in [-0.39, 0.29) is 23.8 Å². The second-order valence-corrected chi connectivity index (χ2v) is 8.09. The van der Waals surface area contributed by atoms with Crippen LogP contribution in [0.2, 0.25) is 5.02 Å². The number of likely N-dealkylation sites (tertiary alicyclic amines) is 1. The fraction of sp³-hybridized carbons (Fsp3) is 0.273. The molecule has 172 valence electrons. The maximum absolute atomic E-state index is 13.3. The number of carbonyl (C=O) groups excluding carboxylic acids is 2. The van der Waals surface area contributed by atoms with Crippen LogP contribution < -0.4 is 5.32 Å². The highest BCUT2D eigenvalue weighted by molar-refractivity contribution is 6.30. The van der Waals surface area contributed by atoms with Crippen molar-refractivity contribution in [2.24, 2.45) is 5.92 Å². The first-order valence-corrected chi connectivity index (χ1v) is 10.5. The van der Waals surface area contributed by atoms with Crippen LogP contribution in [0.4, 0.5) is 18.9 Å². The number of nitrogens with zero attached hydrogens (tertiary/aromatic N) is 4. The van der Waals surface area contributed by atoms with Crippen molar-refractivity contribution in [1.29, 1.82) is 0 Å². The number of nitrogens with one attached hydrogen (secondary N) is 1. The summed E-state index contributed by atoms with van der Waals surface area (Å²) >= 11 is 5.87. The molecule has 2 amide bonds. The van der Waals surface area contributed by atoms with Gasteiger partial charge in [0, 0.05) is 23.7 Å². The van der Waals surface area contributed by atoms with Gasteiger partial charge in [0.2, 0.25) is 5.91 Å². The van der Waals surface area contributed by atoms with E-state index >= 15 is 0 Å². The van der Waals surface area contributed by atoms with Crippen molar-refractivity contribution in [3.63, 3.8) is 0 Å². The summed E-state index contributed by atoms with van der Waals surface area (Å²) in [6, 6.07) is 9.46. The molecule has 1 atom stereocenters. The number of piperidine rings is 1. The molecule has 1 unspecified atom stereocenters. The summed E-state index contributed by atoms with van der Waals surface area (Å²) in [6.07, 6.45) is -0.910. The number of rotatable bonds is 4. The van der Waals surface area contributed by atoms with Gasteiger partial charge in [-0.15, -0.1) is 0 Å². The van der Waals surface area contributed by atoms with Gasteiger partial charge in [0.1, 0.15) is 12.7 Å². The Morgan fingerprint density at radius 3 is 2.55 bits per heavy atom. The molecule has 0 radical (unpaired) electrons. The Bertz CT molecular complexity index is 1150. The molecule has 2 aromatic carbocycles. The largest absolute Gasteiger partial charge is 0.416 e. The lowest BCUT2D eigenvalue weighted by molar-refractivity contribution is -0.137. The number of hydrogen-bond acceptors (Lipinski definition) is 4. The highest BCUT2D eigenvalue weighted by Crippen LogP contribution is 2.33. The molecule has 0 bridgehead atoms. The second kappa shape index (κ2) is 9.22. The third-order valence-corrected chi connectivity index (χ3v) is 5.67. The number of hydrogen-bond donors (Lipinski definition) is 1.